The topological polar surface area (TPSA) is 47.9 Å². The highest BCUT2D eigenvalue weighted by molar-refractivity contribution is 6.01. The SMILES string of the molecule is C=Cc1ccc(C(CC(CC(C)=O)c2ccc(OC)c(C)c2)=NC)cc1OC.CC. The van der Waals surface area contributed by atoms with Crippen molar-refractivity contribution in [3.05, 3.63) is 65.2 Å². The number of hydrogen-bond acceptors (Lipinski definition) is 4. The molecule has 0 aliphatic rings. The van der Waals surface area contributed by atoms with E-state index in [1.165, 1.54) is 0 Å². The summed E-state index contributed by atoms with van der Waals surface area (Å²) >= 11 is 0. The molecule has 0 bridgehead atoms. The standard InChI is InChI=1S/C24H29NO3.C2H6/c1-7-18-8-9-20(15-24(18)28-6)22(25-4)14-21(13-17(3)26)19-10-11-23(27-5)16(2)12-19;1-2/h7-12,15,21H,1,13-14H2,2-6H3;1-2H3. The highest BCUT2D eigenvalue weighted by Crippen LogP contribution is 2.31. The third kappa shape index (κ3) is 6.58. The van der Waals surface area contributed by atoms with Crippen LogP contribution in [0.4, 0.5) is 0 Å². The zero-order chi connectivity index (χ0) is 22.7. The van der Waals surface area contributed by atoms with Crippen LogP contribution < -0.4 is 9.47 Å². The minimum atomic E-state index is 0.0471. The fourth-order valence-electron chi connectivity index (χ4n) is 3.44. The first-order chi connectivity index (χ1) is 14.4. The van der Waals surface area contributed by atoms with E-state index in [1.807, 2.05) is 51.1 Å². The van der Waals surface area contributed by atoms with Crippen LogP contribution in [0.2, 0.25) is 0 Å². The molecule has 2 aromatic rings. The second kappa shape index (κ2) is 12.6. The fourth-order valence-corrected chi connectivity index (χ4v) is 3.44. The first-order valence-corrected chi connectivity index (χ1v) is 10.3. The molecule has 0 N–H and O–H groups in total. The molecule has 0 fully saturated rings. The van der Waals surface area contributed by atoms with Crippen LogP contribution in [0.5, 0.6) is 11.5 Å². The zero-order valence-electron chi connectivity index (χ0n) is 19.4. The number of nitrogens with zero attached hydrogens (tertiary/aromatic N) is 1. The molecule has 0 aromatic heterocycles. The Morgan fingerprint density at radius 1 is 1.07 bits per heavy atom. The predicted octanol–water partition coefficient (Wildman–Crippen LogP) is 6.25. The average molecular weight is 410 g/mol. The summed E-state index contributed by atoms with van der Waals surface area (Å²) in [4.78, 5) is 16.4. The Balaban J connectivity index is 0.00000218. The van der Waals surface area contributed by atoms with Crippen molar-refractivity contribution in [3.8, 4) is 11.5 Å². The predicted molar refractivity (Wildman–Crippen MR) is 127 cm³/mol. The van der Waals surface area contributed by atoms with Gasteiger partial charge in [0.25, 0.3) is 0 Å². The number of benzene rings is 2. The van der Waals surface area contributed by atoms with Crippen LogP contribution in [0.3, 0.4) is 0 Å². The normalized spacial score (nSPS) is 11.8. The number of carbonyl (C=O) groups is 1. The molecule has 0 heterocycles. The minimum Gasteiger partial charge on any atom is -0.496 e. The largest absolute Gasteiger partial charge is 0.496 e. The molecular formula is C26H35NO3. The lowest BCUT2D eigenvalue weighted by Crippen LogP contribution is -2.12. The van der Waals surface area contributed by atoms with Crippen LogP contribution in [0.15, 0.2) is 48.0 Å². The first kappa shape index (κ1) is 25.2. The summed E-state index contributed by atoms with van der Waals surface area (Å²) in [5.74, 6) is 1.82. The summed E-state index contributed by atoms with van der Waals surface area (Å²) < 4.78 is 10.8. The molecule has 4 nitrogen and oxygen atoms in total. The lowest BCUT2D eigenvalue weighted by atomic mass is 9.86. The number of carbonyl (C=O) groups excluding carboxylic acids is 1. The molecule has 0 spiro atoms. The summed E-state index contributed by atoms with van der Waals surface area (Å²) in [6.07, 6.45) is 2.90. The van der Waals surface area contributed by atoms with Gasteiger partial charge in [0.15, 0.2) is 0 Å². The Bertz CT molecular complexity index is 884. The van der Waals surface area contributed by atoms with E-state index in [9.17, 15) is 4.79 Å². The van der Waals surface area contributed by atoms with E-state index >= 15 is 0 Å². The number of aryl methyl sites for hydroxylation is 1. The molecule has 0 aliphatic carbocycles. The summed E-state index contributed by atoms with van der Waals surface area (Å²) in [6.45, 7) is 11.5. The smallest absolute Gasteiger partial charge is 0.130 e. The van der Waals surface area contributed by atoms with Crippen molar-refractivity contribution in [1.29, 1.82) is 0 Å². The number of hydrogen-bond donors (Lipinski definition) is 0. The summed E-state index contributed by atoms with van der Waals surface area (Å²) in [5.41, 5.74) is 5.04. The van der Waals surface area contributed by atoms with E-state index in [1.54, 1.807) is 34.3 Å². The van der Waals surface area contributed by atoms with Gasteiger partial charge >= 0.3 is 0 Å². The first-order valence-electron chi connectivity index (χ1n) is 10.3. The molecule has 4 heteroatoms. The molecule has 0 saturated carbocycles. The van der Waals surface area contributed by atoms with Gasteiger partial charge in [-0.2, -0.15) is 0 Å². The number of Topliss-reactive ketones (excluding diaryl/α,β-unsaturated/α-hetero) is 1. The van der Waals surface area contributed by atoms with E-state index in [-0.39, 0.29) is 11.7 Å². The van der Waals surface area contributed by atoms with Gasteiger partial charge in [-0.05, 0) is 55.0 Å². The monoisotopic (exact) mass is 409 g/mol. The van der Waals surface area contributed by atoms with Gasteiger partial charge in [0.2, 0.25) is 0 Å². The molecule has 162 valence electrons. The maximum atomic E-state index is 11.9. The maximum Gasteiger partial charge on any atom is 0.130 e. The number of aliphatic imine (C=N–C) groups is 1. The van der Waals surface area contributed by atoms with Crippen LogP contribution in [-0.4, -0.2) is 32.8 Å². The van der Waals surface area contributed by atoms with Gasteiger partial charge in [0, 0.05) is 24.7 Å². The van der Waals surface area contributed by atoms with Crippen LogP contribution in [-0.2, 0) is 4.79 Å². The lowest BCUT2D eigenvalue weighted by molar-refractivity contribution is -0.117. The zero-order valence-corrected chi connectivity index (χ0v) is 19.4. The molecule has 1 unspecified atom stereocenters. The molecule has 0 radical (unpaired) electrons. The Kier molecular flexibility index (Phi) is 10.6. The Labute approximate surface area is 181 Å². The number of ether oxygens (including phenoxy) is 2. The van der Waals surface area contributed by atoms with Crippen LogP contribution in [0.25, 0.3) is 6.08 Å². The Hall–Kier alpha value is -2.88. The lowest BCUT2D eigenvalue weighted by Gasteiger charge is -2.19. The summed E-state index contributed by atoms with van der Waals surface area (Å²) in [5, 5.41) is 0. The van der Waals surface area contributed by atoms with E-state index in [2.05, 4.69) is 17.6 Å². The summed E-state index contributed by atoms with van der Waals surface area (Å²) in [6, 6.07) is 12.1. The van der Waals surface area contributed by atoms with Gasteiger partial charge in [0.1, 0.15) is 17.3 Å². The van der Waals surface area contributed by atoms with Crippen molar-refractivity contribution in [2.45, 2.75) is 46.5 Å². The molecule has 0 saturated heterocycles. The molecule has 0 amide bonds. The second-order valence-corrected chi connectivity index (χ2v) is 6.87. The van der Waals surface area contributed by atoms with Gasteiger partial charge in [-0.25, -0.2) is 0 Å². The van der Waals surface area contributed by atoms with Gasteiger partial charge in [-0.15, -0.1) is 0 Å². The highest BCUT2D eigenvalue weighted by Gasteiger charge is 2.19. The second-order valence-electron chi connectivity index (χ2n) is 6.87. The van der Waals surface area contributed by atoms with Crippen molar-refractivity contribution in [2.24, 2.45) is 4.99 Å². The molecule has 30 heavy (non-hydrogen) atoms. The fraction of sp³-hybridized carbons (Fsp3) is 0.385. The molecule has 2 aromatic carbocycles. The van der Waals surface area contributed by atoms with Gasteiger partial charge in [-0.3, -0.25) is 4.99 Å². The molecule has 1 atom stereocenters. The van der Waals surface area contributed by atoms with Crippen molar-refractivity contribution in [3.63, 3.8) is 0 Å². The van der Waals surface area contributed by atoms with Gasteiger partial charge in [-0.1, -0.05) is 50.8 Å². The third-order valence-corrected chi connectivity index (χ3v) is 4.92. The molecule has 0 aliphatic heterocycles. The molecular weight excluding hydrogens is 374 g/mol. The van der Waals surface area contributed by atoms with Crippen LogP contribution in [0, 0.1) is 6.92 Å². The number of ketones is 1. The summed E-state index contributed by atoms with van der Waals surface area (Å²) in [7, 11) is 5.10. The number of rotatable bonds is 9. The van der Waals surface area contributed by atoms with E-state index in [0.29, 0.717) is 12.8 Å². The number of methoxy groups -OCH3 is 2. The quantitative estimate of drug-likeness (QED) is 0.460. The van der Waals surface area contributed by atoms with Gasteiger partial charge < -0.3 is 14.3 Å². The molecule has 2 rings (SSSR count). The van der Waals surface area contributed by atoms with E-state index in [4.69, 9.17) is 9.47 Å². The highest BCUT2D eigenvalue weighted by atomic mass is 16.5. The van der Waals surface area contributed by atoms with Crippen molar-refractivity contribution in [2.75, 3.05) is 21.3 Å². The Morgan fingerprint density at radius 2 is 1.73 bits per heavy atom. The van der Waals surface area contributed by atoms with Crippen LogP contribution >= 0.6 is 0 Å². The maximum absolute atomic E-state index is 11.9. The van der Waals surface area contributed by atoms with Gasteiger partial charge in [0.05, 0.1) is 14.2 Å². The average Bonchev–Trinajstić information content (AvgIpc) is 2.77. The van der Waals surface area contributed by atoms with Crippen molar-refractivity contribution >= 4 is 17.6 Å². The third-order valence-electron chi connectivity index (χ3n) is 4.92. The van der Waals surface area contributed by atoms with Crippen molar-refractivity contribution < 1.29 is 14.3 Å². The van der Waals surface area contributed by atoms with E-state index < -0.39 is 0 Å². The van der Waals surface area contributed by atoms with Crippen LogP contribution in [0.1, 0.15) is 61.8 Å². The van der Waals surface area contributed by atoms with E-state index in [0.717, 1.165) is 39.5 Å². The minimum absolute atomic E-state index is 0.0471. The van der Waals surface area contributed by atoms with Crippen molar-refractivity contribution in [1.82, 2.24) is 0 Å². The Morgan fingerprint density at radius 3 is 2.23 bits per heavy atom.